The molecular weight excluding hydrogens is 234 g/mol. The first kappa shape index (κ1) is 10.8. The van der Waals surface area contributed by atoms with Crippen molar-refractivity contribution in [2.45, 2.75) is 25.4 Å². The van der Waals surface area contributed by atoms with Gasteiger partial charge in [0.25, 0.3) is 0 Å². The lowest BCUT2D eigenvalue weighted by atomic mass is 10.2. The SMILES string of the molecule is Clc1ccccc1-c1ncc(CNC2CC2)[nH]1. The van der Waals surface area contributed by atoms with Gasteiger partial charge in [0.15, 0.2) is 0 Å². The Labute approximate surface area is 105 Å². The molecule has 0 unspecified atom stereocenters. The number of imidazole rings is 1. The molecule has 0 spiro atoms. The van der Waals surface area contributed by atoms with E-state index in [1.165, 1.54) is 12.8 Å². The van der Waals surface area contributed by atoms with Crippen LogP contribution in [0.25, 0.3) is 11.4 Å². The number of hydrogen-bond donors (Lipinski definition) is 2. The maximum Gasteiger partial charge on any atom is 0.139 e. The van der Waals surface area contributed by atoms with Crippen LogP contribution in [0.2, 0.25) is 5.02 Å². The molecule has 0 aliphatic heterocycles. The lowest BCUT2D eigenvalue weighted by Crippen LogP contribution is -2.15. The molecule has 88 valence electrons. The molecule has 0 saturated heterocycles. The Bertz CT molecular complexity index is 517. The summed E-state index contributed by atoms with van der Waals surface area (Å²) in [6.07, 6.45) is 4.46. The van der Waals surface area contributed by atoms with Crippen LogP contribution in [0.4, 0.5) is 0 Å². The van der Waals surface area contributed by atoms with E-state index in [0.717, 1.165) is 28.6 Å². The van der Waals surface area contributed by atoms with Gasteiger partial charge in [-0.1, -0.05) is 23.7 Å². The first-order valence-corrected chi connectivity index (χ1v) is 6.23. The number of aromatic nitrogens is 2. The third-order valence-corrected chi connectivity index (χ3v) is 3.25. The summed E-state index contributed by atoms with van der Waals surface area (Å²) in [5.74, 6) is 0.836. The minimum absolute atomic E-state index is 0.710. The lowest BCUT2D eigenvalue weighted by molar-refractivity contribution is 0.677. The van der Waals surface area contributed by atoms with Crippen molar-refractivity contribution in [2.75, 3.05) is 0 Å². The van der Waals surface area contributed by atoms with Crippen molar-refractivity contribution in [2.24, 2.45) is 0 Å². The molecule has 0 amide bonds. The van der Waals surface area contributed by atoms with Crippen LogP contribution in [-0.2, 0) is 6.54 Å². The molecule has 1 aliphatic rings. The van der Waals surface area contributed by atoms with Crippen LogP contribution in [0.3, 0.4) is 0 Å². The van der Waals surface area contributed by atoms with Crippen LogP contribution in [0.5, 0.6) is 0 Å². The second kappa shape index (κ2) is 4.51. The van der Waals surface area contributed by atoms with E-state index < -0.39 is 0 Å². The van der Waals surface area contributed by atoms with Crippen molar-refractivity contribution < 1.29 is 0 Å². The van der Waals surface area contributed by atoms with E-state index >= 15 is 0 Å². The average molecular weight is 248 g/mol. The molecule has 2 aromatic rings. The van der Waals surface area contributed by atoms with E-state index in [1.54, 1.807) is 0 Å². The van der Waals surface area contributed by atoms with Crippen molar-refractivity contribution in [1.29, 1.82) is 0 Å². The molecule has 1 aromatic carbocycles. The number of halogens is 1. The van der Waals surface area contributed by atoms with E-state index in [-0.39, 0.29) is 0 Å². The topological polar surface area (TPSA) is 40.7 Å². The normalized spacial score (nSPS) is 15.1. The van der Waals surface area contributed by atoms with Gasteiger partial charge in [-0.3, -0.25) is 0 Å². The fourth-order valence-corrected chi connectivity index (χ4v) is 2.01. The van der Waals surface area contributed by atoms with E-state index in [9.17, 15) is 0 Å². The highest BCUT2D eigenvalue weighted by Gasteiger charge is 2.20. The standard InChI is InChI=1S/C13H14ClN3/c14-12-4-2-1-3-11(12)13-16-8-10(17-13)7-15-9-5-6-9/h1-4,8-9,15H,5-7H2,(H,16,17). The van der Waals surface area contributed by atoms with Crippen molar-refractivity contribution in [3.05, 3.63) is 41.2 Å². The van der Waals surface area contributed by atoms with Crippen LogP contribution >= 0.6 is 11.6 Å². The van der Waals surface area contributed by atoms with Crippen LogP contribution in [-0.4, -0.2) is 16.0 Å². The van der Waals surface area contributed by atoms with Gasteiger partial charge in [-0.15, -0.1) is 0 Å². The summed E-state index contributed by atoms with van der Waals surface area (Å²) < 4.78 is 0. The summed E-state index contributed by atoms with van der Waals surface area (Å²) in [6, 6.07) is 8.44. The fourth-order valence-electron chi connectivity index (χ4n) is 1.78. The number of nitrogens with zero attached hydrogens (tertiary/aromatic N) is 1. The Morgan fingerprint density at radius 2 is 2.18 bits per heavy atom. The molecule has 0 radical (unpaired) electrons. The molecule has 4 heteroatoms. The third kappa shape index (κ3) is 2.51. The number of hydrogen-bond acceptors (Lipinski definition) is 2. The van der Waals surface area contributed by atoms with E-state index in [4.69, 9.17) is 11.6 Å². The summed E-state index contributed by atoms with van der Waals surface area (Å²) in [7, 11) is 0. The molecule has 1 heterocycles. The highest BCUT2D eigenvalue weighted by atomic mass is 35.5. The Kier molecular flexibility index (Phi) is 2.87. The fraction of sp³-hybridized carbons (Fsp3) is 0.308. The maximum absolute atomic E-state index is 6.13. The van der Waals surface area contributed by atoms with Gasteiger partial charge in [0.1, 0.15) is 5.82 Å². The van der Waals surface area contributed by atoms with Crippen molar-refractivity contribution in [3.63, 3.8) is 0 Å². The molecule has 1 fully saturated rings. The quantitative estimate of drug-likeness (QED) is 0.872. The lowest BCUT2D eigenvalue weighted by Gasteiger charge is -2.00. The van der Waals surface area contributed by atoms with Crippen molar-refractivity contribution >= 4 is 11.6 Å². The Morgan fingerprint density at radius 1 is 1.35 bits per heavy atom. The summed E-state index contributed by atoms with van der Waals surface area (Å²) in [4.78, 5) is 7.66. The number of aromatic amines is 1. The predicted octanol–water partition coefficient (Wildman–Crippen LogP) is 2.98. The number of rotatable bonds is 4. The maximum atomic E-state index is 6.13. The van der Waals surface area contributed by atoms with Gasteiger partial charge in [-0.05, 0) is 25.0 Å². The molecule has 3 rings (SSSR count). The number of nitrogens with one attached hydrogen (secondary N) is 2. The van der Waals surface area contributed by atoms with Gasteiger partial charge < -0.3 is 10.3 Å². The van der Waals surface area contributed by atoms with Gasteiger partial charge in [0.05, 0.1) is 5.02 Å². The van der Waals surface area contributed by atoms with Gasteiger partial charge >= 0.3 is 0 Å². The molecule has 1 aromatic heterocycles. The first-order chi connectivity index (χ1) is 8.33. The van der Waals surface area contributed by atoms with E-state index in [1.807, 2.05) is 30.5 Å². The third-order valence-electron chi connectivity index (χ3n) is 2.92. The van der Waals surface area contributed by atoms with Gasteiger partial charge in [0.2, 0.25) is 0 Å². The number of benzene rings is 1. The zero-order valence-corrected chi connectivity index (χ0v) is 10.2. The Hall–Kier alpha value is -1.32. The summed E-state index contributed by atoms with van der Waals surface area (Å²) in [6.45, 7) is 0.849. The average Bonchev–Trinajstić information content (AvgIpc) is 3.06. The van der Waals surface area contributed by atoms with Gasteiger partial charge in [-0.25, -0.2) is 4.98 Å². The second-order valence-corrected chi connectivity index (χ2v) is 4.80. The Morgan fingerprint density at radius 3 is 2.94 bits per heavy atom. The monoisotopic (exact) mass is 247 g/mol. The van der Waals surface area contributed by atoms with E-state index in [2.05, 4.69) is 15.3 Å². The minimum Gasteiger partial charge on any atom is -0.341 e. The van der Waals surface area contributed by atoms with Crippen molar-refractivity contribution in [1.82, 2.24) is 15.3 Å². The summed E-state index contributed by atoms with van der Waals surface area (Å²) in [5.41, 5.74) is 2.05. The molecule has 0 bridgehead atoms. The Balaban J connectivity index is 1.77. The van der Waals surface area contributed by atoms with E-state index in [0.29, 0.717) is 6.04 Å². The van der Waals surface area contributed by atoms with Crippen LogP contribution in [0, 0.1) is 0 Å². The molecule has 1 saturated carbocycles. The molecular formula is C13H14ClN3. The summed E-state index contributed by atoms with van der Waals surface area (Å²) >= 11 is 6.13. The van der Waals surface area contributed by atoms with Gasteiger partial charge in [0, 0.05) is 30.0 Å². The molecule has 17 heavy (non-hydrogen) atoms. The molecule has 0 atom stereocenters. The largest absolute Gasteiger partial charge is 0.341 e. The molecule has 1 aliphatic carbocycles. The smallest absolute Gasteiger partial charge is 0.139 e. The van der Waals surface area contributed by atoms with Crippen LogP contribution < -0.4 is 5.32 Å². The predicted molar refractivity (Wildman–Crippen MR) is 68.9 cm³/mol. The number of H-pyrrole nitrogens is 1. The molecule has 2 N–H and O–H groups in total. The van der Waals surface area contributed by atoms with Crippen molar-refractivity contribution in [3.8, 4) is 11.4 Å². The highest BCUT2D eigenvalue weighted by Crippen LogP contribution is 2.25. The zero-order chi connectivity index (χ0) is 11.7. The zero-order valence-electron chi connectivity index (χ0n) is 9.41. The highest BCUT2D eigenvalue weighted by molar-refractivity contribution is 6.33. The second-order valence-electron chi connectivity index (χ2n) is 4.39. The van der Waals surface area contributed by atoms with Crippen LogP contribution in [0.1, 0.15) is 18.5 Å². The van der Waals surface area contributed by atoms with Gasteiger partial charge in [-0.2, -0.15) is 0 Å². The first-order valence-electron chi connectivity index (χ1n) is 5.85. The minimum atomic E-state index is 0.710. The molecule has 3 nitrogen and oxygen atoms in total. The van der Waals surface area contributed by atoms with Crippen LogP contribution in [0.15, 0.2) is 30.5 Å². The summed E-state index contributed by atoms with van der Waals surface area (Å²) in [5, 5.41) is 4.17.